The lowest BCUT2D eigenvalue weighted by Gasteiger charge is -2.46. The van der Waals surface area contributed by atoms with Crippen LogP contribution < -0.4 is 10.0 Å². The standard InChI is InChI=1S/C28H27ClN4OS/c1-4-21-13-15-22(16-14-21)25-17-18-28(32(30-25)23-9-6-5-7-10-23)33(31-27(35-28)20(3)34)26-12-8-11-24(29)19(26)2/h5-16H,4,17-18H2,1-3H3/t28-/m1/s1. The number of Topliss-reactive ketones (excluding diaryl/α,β-unsaturated/α-hetero) is 1. The second kappa shape index (κ2) is 9.51. The highest BCUT2D eigenvalue weighted by molar-refractivity contribution is 8.17. The lowest BCUT2D eigenvalue weighted by atomic mass is 10.00. The van der Waals surface area contributed by atoms with Crippen molar-refractivity contribution in [2.75, 3.05) is 10.0 Å². The first-order valence-electron chi connectivity index (χ1n) is 11.8. The van der Waals surface area contributed by atoms with Crippen LogP contribution >= 0.6 is 23.4 Å². The molecule has 1 atom stereocenters. The van der Waals surface area contributed by atoms with Crippen molar-refractivity contribution in [2.45, 2.75) is 45.0 Å². The predicted molar refractivity (Wildman–Crippen MR) is 148 cm³/mol. The van der Waals surface area contributed by atoms with E-state index in [1.807, 2.05) is 65.5 Å². The van der Waals surface area contributed by atoms with Crippen molar-refractivity contribution in [3.05, 3.63) is 94.5 Å². The molecule has 0 N–H and O–H groups in total. The van der Waals surface area contributed by atoms with Gasteiger partial charge < -0.3 is 0 Å². The molecule has 3 aromatic carbocycles. The van der Waals surface area contributed by atoms with Crippen LogP contribution in [0.4, 0.5) is 11.4 Å². The first-order valence-corrected chi connectivity index (χ1v) is 13.0. The Bertz CT molecular complexity index is 1320. The highest BCUT2D eigenvalue weighted by Gasteiger charge is 2.53. The van der Waals surface area contributed by atoms with E-state index < -0.39 is 4.99 Å². The number of ketones is 1. The zero-order valence-electron chi connectivity index (χ0n) is 20.0. The maximum atomic E-state index is 12.5. The highest BCUT2D eigenvalue weighted by Crippen LogP contribution is 2.51. The quantitative estimate of drug-likeness (QED) is 0.376. The predicted octanol–water partition coefficient (Wildman–Crippen LogP) is 7.03. The number of nitrogens with zero attached hydrogens (tertiary/aromatic N) is 4. The maximum absolute atomic E-state index is 12.5. The fraction of sp³-hybridized carbons (Fsp3) is 0.250. The number of carbonyl (C=O) groups is 1. The molecule has 35 heavy (non-hydrogen) atoms. The molecule has 0 bridgehead atoms. The molecule has 2 aliphatic rings. The summed E-state index contributed by atoms with van der Waals surface area (Å²) in [6.45, 7) is 5.70. The Hall–Kier alpha value is -3.09. The van der Waals surface area contributed by atoms with Gasteiger partial charge in [-0.2, -0.15) is 10.2 Å². The summed E-state index contributed by atoms with van der Waals surface area (Å²) < 4.78 is 0. The van der Waals surface area contributed by atoms with Gasteiger partial charge in [-0.3, -0.25) is 4.79 Å². The van der Waals surface area contributed by atoms with E-state index in [9.17, 15) is 4.79 Å². The van der Waals surface area contributed by atoms with Gasteiger partial charge in [0.1, 0.15) is 0 Å². The summed E-state index contributed by atoms with van der Waals surface area (Å²) in [5.41, 5.74) is 6.15. The van der Waals surface area contributed by atoms with Crippen molar-refractivity contribution >= 4 is 51.3 Å². The van der Waals surface area contributed by atoms with Crippen molar-refractivity contribution in [2.24, 2.45) is 10.2 Å². The Labute approximate surface area is 215 Å². The number of benzene rings is 3. The SMILES string of the molecule is CCc1ccc(C2=NN(c3ccccc3)[C@@]3(CC2)SC(C(C)=O)=NN3c2cccc(Cl)c2C)cc1. The van der Waals surface area contributed by atoms with Crippen LogP contribution in [0.5, 0.6) is 0 Å². The average molecular weight is 503 g/mol. The van der Waals surface area contributed by atoms with Crippen LogP contribution in [0.2, 0.25) is 5.02 Å². The first-order chi connectivity index (χ1) is 16.9. The van der Waals surface area contributed by atoms with Gasteiger partial charge in [-0.25, -0.2) is 10.0 Å². The molecule has 1 spiro atoms. The van der Waals surface area contributed by atoms with Gasteiger partial charge >= 0.3 is 0 Å². The van der Waals surface area contributed by atoms with Gasteiger partial charge in [0.15, 0.2) is 10.8 Å². The third-order valence-electron chi connectivity index (χ3n) is 6.49. The molecule has 0 amide bonds. The normalized spacial score (nSPS) is 19.7. The van der Waals surface area contributed by atoms with Gasteiger partial charge in [0.05, 0.1) is 17.1 Å². The van der Waals surface area contributed by atoms with Crippen molar-refractivity contribution in [3.8, 4) is 0 Å². The molecule has 0 unspecified atom stereocenters. The Morgan fingerprint density at radius 2 is 1.74 bits per heavy atom. The van der Waals surface area contributed by atoms with E-state index in [1.165, 1.54) is 17.3 Å². The molecule has 2 heterocycles. The fourth-order valence-corrected chi connectivity index (χ4v) is 5.89. The summed E-state index contributed by atoms with van der Waals surface area (Å²) in [6, 6.07) is 24.5. The number of thioether (sulfide) groups is 1. The summed E-state index contributed by atoms with van der Waals surface area (Å²) in [5, 5.41) is 15.1. The van der Waals surface area contributed by atoms with Gasteiger partial charge in [0, 0.05) is 18.4 Å². The van der Waals surface area contributed by atoms with Crippen molar-refractivity contribution in [3.63, 3.8) is 0 Å². The van der Waals surface area contributed by atoms with E-state index in [0.29, 0.717) is 16.5 Å². The molecule has 0 aliphatic carbocycles. The monoisotopic (exact) mass is 502 g/mol. The number of rotatable bonds is 5. The minimum atomic E-state index is -0.731. The maximum Gasteiger partial charge on any atom is 0.208 e. The number of halogens is 1. The third-order valence-corrected chi connectivity index (χ3v) is 8.33. The van der Waals surface area contributed by atoms with Crippen molar-refractivity contribution in [1.29, 1.82) is 0 Å². The minimum Gasteiger partial charge on any atom is -0.292 e. The smallest absolute Gasteiger partial charge is 0.208 e. The number of anilines is 2. The summed E-state index contributed by atoms with van der Waals surface area (Å²) in [7, 11) is 0. The van der Waals surface area contributed by atoms with Gasteiger partial charge in [-0.05, 0) is 72.5 Å². The van der Waals surface area contributed by atoms with E-state index in [2.05, 4.69) is 31.2 Å². The number of hydrogen-bond donors (Lipinski definition) is 0. The van der Waals surface area contributed by atoms with Gasteiger partial charge in [0.2, 0.25) is 4.99 Å². The molecular formula is C28H27ClN4OS. The van der Waals surface area contributed by atoms with E-state index in [1.54, 1.807) is 6.92 Å². The topological polar surface area (TPSA) is 48.3 Å². The number of aryl methyl sites for hydroxylation is 1. The lowest BCUT2D eigenvalue weighted by molar-refractivity contribution is -0.110. The molecule has 5 rings (SSSR count). The van der Waals surface area contributed by atoms with Crippen LogP contribution in [-0.4, -0.2) is 21.5 Å². The molecule has 0 saturated carbocycles. The van der Waals surface area contributed by atoms with Gasteiger partial charge in [-0.15, -0.1) is 0 Å². The first kappa shape index (κ1) is 23.6. The van der Waals surface area contributed by atoms with Crippen molar-refractivity contribution < 1.29 is 4.79 Å². The van der Waals surface area contributed by atoms with Crippen LogP contribution in [0.3, 0.4) is 0 Å². The third kappa shape index (κ3) is 4.26. The van der Waals surface area contributed by atoms with Crippen LogP contribution in [-0.2, 0) is 11.2 Å². The molecule has 2 aliphatic heterocycles. The Kier molecular flexibility index (Phi) is 6.43. The van der Waals surface area contributed by atoms with Gasteiger partial charge in [-0.1, -0.05) is 67.1 Å². The number of hydrazone groups is 2. The highest BCUT2D eigenvalue weighted by atomic mass is 35.5. The molecule has 0 fully saturated rings. The van der Waals surface area contributed by atoms with Crippen LogP contribution in [0.25, 0.3) is 0 Å². The average Bonchev–Trinajstić information content (AvgIpc) is 3.26. The number of carbonyl (C=O) groups excluding carboxylic acids is 1. The molecule has 0 aromatic heterocycles. The van der Waals surface area contributed by atoms with Crippen LogP contribution in [0.1, 0.15) is 43.4 Å². The van der Waals surface area contributed by atoms with Crippen LogP contribution in [0, 0.1) is 6.92 Å². The molecule has 7 heteroatoms. The summed E-state index contributed by atoms with van der Waals surface area (Å²) in [5.74, 6) is -0.0606. The molecular weight excluding hydrogens is 476 g/mol. The summed E-state index contributed by atoms with van der Waals surface area (Å²) in [4.78, 5) is 11.8. The van der Waals surface area contributed by atoms with Crippen molar-refractivity contribution in [1.82, 2.24) is 0 Å². The Balaban J connectivity index is 1.67. The van der Waals surface area contributed by atoms with E-state index in [0.717, 1.165) is 41.1 Å². The Morgan fingerprint density at radius 1 is 1.00 bits per heavy atom. The summed E-state index contributed by atoms with van der Waals surface area (Å²) >= 11 is 7.98. The van der Waals surface area contributed by atoms with E-state index >= 15 is 0 Å². The number of hydrogen-bond acceptors (Lipinski definition) is 6. The minimum absolute atomic E-state index is 0.0606. The largest absolute Gasteiger partial charge is 0.292 e. The second-order valence-corrected chi connectivity index (χ2v) is 10.4. The van der Waals surface area contributed by atoms with E-state index in [-0.39, 0.29) is 5.78 Å². The molecule has 3 aromatic rings. The van der Waals surface area contributed by atoms with Gasteiger partial charge in [0.25, 0.3) is 0 Å². The lowest BCUT2D eigenvalue weighted by Crippen LogP contribution is -2.56. The molecule has 5 nitrogen and oxygen atoms in total. The summed E-state index contributed by atoms with van der Waals surface area (Å²) in [6.07, 6.45) is 2.47. The Morgan fingerprint density at radius 3 is 2.43 bits per heavy atom. The zero-order valence-corrected chi connectivity index (χ0v) is 21.6. The van der Waals surface area contributed by atoms with Crippen LogP contribution in [0.15, 0.2) is 83.0 Å². The zero-order chi connectivity index (χ0) is 24.6. The molecule has 178 valence electrons. The fourth-order valence-electron chi connectivity index (χ4n) is 4.49. The second-order valence-electron chi connectivity index (χ2n) is 8.75. The van der Waals surface area contributed by atoms with E-state index in [4.69, 9.17) is 21.8 Å². The number of para-hydroxylation sites is 1. The molecule has 0 radical (unpaired) electrons. The molecule has 0 saturated heterocycles.